The van der Waals surface area contributed by atoms with Crippen molar-refractivity contribution in [1.82, 2.24) is 4.98 Å². The van der Waals surface area contributed by atoms with E-state index in [0.29, 0.717) is 16.3 Å². The molecule has 1 heterocycles. The van der Waals surface area contributed by atoms with E-state index in [1.807, 2.05) is 12.3 Å². The number of hydrogen-bond acceptors (Lipinski definition) is 5. The predicted molar refractivity (Wildman–Crippen MR) is 79.9 cm³/mol. The second-order valence-electron chi connectivity index (χ2n) is 4.22. The number of allylic oxidation sites excluding steroid dienone is 1. The molecule has 1 aromatic carbocycles. The third-order valence-corrected chi connectivity index (χ3v) is 3.52. The van der Waals surface area contributed by atoms with Crippen LogP contribution in [-0.2, 0) is 4.79 Å². The maximum absolute atomic E-state index is 10.4. The van der Waals surface area contributed by atoms with Gasteiger partial charge in [0.1, 0.15) is 16.8 Å². The van der Waals surface area contributed by atoms with Crippen LogP contribution in [0, 0.1) is 18.3 Å². The van der Waals surface area contributed by atoms with Gasteiger partial charge in [-0.15, -0.1) is 11.3 Å². The lowest BCUT2D eigenvalue weighted by Gasteiger charge is -2.03. The standard InChI is InChI=1S/C15H12N2O3S/c1-10-9-21-15(17-10)12(7-16)6-11-2-4-13(5-3-11)20-8-14(18)19/h2-6,9H,8H2,1H3,(H,18,19). The van der Waals surface area contributed by atoms with E-state index in [-0.39, 0.29) is 6.61 Å². The highest BCUT2D eigenvalue weighted by Crippen LogP contribution is 2.22. The second kappa shape index (κ2) is 6.68. The summed E-state index contributed by atoms with van der Waals surface area (Å²) in [5.74, 6) is -0.553. The molecule has 0 amide bonds. The Morgan fingerprint density at radius 1 is 1.48 bits per heavy atom. The van der Waals surface area contributed by atoms with Crippen LogP contribution in [0.1, 0.15) is 16.3 Å². The van der Waals surface area contributed by atoms with E-state index in [1.165, 1.54) is 11.3 Å². The highest BCUT2D eigenvalue weighted by molar-refractivity contribution is 7.11. The zero-order valence-corrected chi connectivity index (χ0v) is 12.1. The summed E-state index contributed by atoms with van der Waals surface area (Å²) in [6.07, 6.45) is 1.74. The van der Waals surface area contributed by atoms with Gasteiger partial charge in [0.25, 0.3) is 0 Å². The van der Waals surface area contributed by atoms with Gasteiger partial charge in [-0.05, 0) is 30.7 Å². The molecule has 0 atom stereocenters. The molecule has 0 unspecified atom stereocenters. The normalized spacial score (nSPS) is 11.0. The summed E-state index contributed by atoms with van der Waals surface area (Å²) in [5.41, 5.74) is 2.20. The van der Waals surface area contributed by atoms with Crippen LogP contribution in [0.2, 0.25) is 0 Å². The average Bonchev–Trinajstić information content (AvgIpc) is 2.90. The van der Waals surface area contributed by atoms with Gasteiger partial charge >= 0.3 is 5.97 Å². The van der Waals surface area contributed by atoms with Crippen molar-refractivity contribution >= 4 is 29.0 Å². The quantitative estimate of drug-likeness (QED) is 0.858. The first-order valence-corrected chi connectivity index (χ1v) is 6.95. The van der Waals surface area contributed by atoms with E-state index in [2.05, 4.69) is 11.1 Å². The van der Waals surface area contributed by atoms with Crippen LogP contribution in [0.3, 0.4) is 0 Å². The molecule has 0 bridgehead atoms. The molecule has 0 radical (unpaired) electrons. The van der Waals surface area contributed by atoms with Crippen LogP contribution in [0.5, 0.6) is 5.75 Å². The summed E-state index contributed by atoms with van der Waals surface area (Å²) in [5, 5.41) is 20.3. The van der Waals surface area contributed by atoms with Crippen molar-refractivity contribution in [2.24, 2.45) is 0 Å². The number of rotatable bonds is 5. The fourth-order valence-corrected chi connectivity index (χ4v) is 2.35. The van der Waals surface area contributed by atoms with Crippen molar-refractivity contribution in [1.29, 1.82) is 5.26 Å². The van der Waals surface area contributed by atoms with Gasteiger partial charge in [-0.25, -0.2) is 9.78 Å². The minimum absolute atomic E-state index is 0.378. The Hall–Kier alpha value is -2.65. The summed E-state index contributed by atoms with van der Waals surface area (Å²) in [4.78, 5) is 14.7. The summed E-state index contributed by atoms with van der Waals surface area (Å²) in [6, 6.07) is 8.98. The van der Waals surface area contributed by atoms with Gasteiger partial charge in [0.15, 0.2) is 6.61 Å². The number of aryl methyl sites for hydroxylation is 1. The largest absolute Gasteiger partial charge is 0.482 e. The number of thiazole rings is 1. The fourth-order valence-electron chi connectivity index (χ4n) is 1.59. The minimum Gasteiger partial charge on any atom is -0.482 e. The lowest BCUT2D eigenvalue weighted by Crippen LogP contribution is -2.09. The topological polar surface area (TPSA) is 83.2 Å². The van der Waals surface area contributed by atoms with Crippen LogP contribution in [-0.4, -0.2) is 22.7 Å². The van der Waals surface area contributed by atoms with Gasteiger partial charge in [0.05, 0.1) is 5.57 Å². The molecule has 0 saturated heterocycles. The van der Waals surface area contributed by atoms with E-state index < -0.39 is 5.97 Å². The summed E-state index contributed by atoms with van der Waals surface area (Å²) in [6.45, 7) is 1.50. The smallest absolute Gasteiger partial charge is 0.341 e. The first-order chi connectivity index (χ1) is 10.1. The molecule has 0 spiro atoms. The Morgan fingerprint density at radius 3 is 2.71 bits per heavy atom. The number of carboxylic acids is 1. The average molecular weight is 300 g/mol. The SMILES string of the molecule is Cc1csc(C(C#N)=Cc2ccc(OCC(=O)O)cc2)n1. The molecule has 0 aliphatic rings. The number of aliphatic carboxylic acids is 1. The minimum atomic E-state index is -1.02. The number of benzene rings is 1. The van der Waals surface area contributed by atoms with Crippen molar-refractivity contribution in [3.8, 4) is 11.8 Å². The lowest BCUT2D eigenvalue weighted by atomic mass is 10.1. The van der Waals surface area contributed by atoms with Crippen molar-refractivity contribution in [3.05, 3.63) is 45.9 Å². The first-order valence-electron chi connectivity index (χ1n) is 6.07. The molecule has 1 N–H and O–H groups in total. The van der Waals surface area contributed by atoms with Crippen LogP contribution in [0.15, 0.2) is 29.6 Å². The molecule has 106 valence electrons. The Bertz CT molecular complexity index is 711. The molecule has 21 heavy (non-hydrogen) atoms. The predicted octanol–water partition coefficient (Wildman–Crippen LogP) is 2.98. The molecule has 0 saturated carbocycles. The summed E-state index contributed by atoms with van der Waals surface area (Å²) >= 11 is 1.42. The van der Waals surface area contributed by atoms with Gasteiger partial charge in [-0.1, -0.05) is 12.1 Å². The number of aromatic nitrogens is 1. The number of carbonyl (C=O) groups is 1. The van der Waals surface area contributed by atoms with Crippen molar-refractivity contribution in [3.63, 3.8) is 0 Å². The fraction of sp³-hybridized carbons (Fsp3) is 0.133. The Morgan fingerprint density at radius 2 is 2.19 bits per heavy atom. The molecule has 6 heteroatoms. The maximum Gasteiger partial charge on any atom is 0.341 e. The third kappa shape index (κ3) is 4.16. The van der Waals surface area contributed by atoms with Crippen LogP contribution in [0.25, 0.3) is 11.6 Å². The Kier molecular flexibility index (Phi) is 4.69. The molecular weight excluding hydrogens is 288 g/mol. The highest BCUT2D eigenvalue weighted by Gasteiger charge is 2.06. The van der Waals surface area contributed by atoms with Crippen molar-refractivity contribution < 1.29 is 14.6 Å². The lowest BCUT2D eigenvalue weighted by molar-refractivity contribution is -0.139. The van der Waals surface area contributed by atoms with E-state index in [1.54, 1.807) is 30.3 Å². The number of hydrogen-bond donors (Lipinski definition) is 1. The molecule has 0 aliphatic heterocycles. The van der Waals surface area contributed by atoms with Gasteiger partial charge in [-0.2, -0.15) is 5.26 Å². The Balaban J connectivity index is 2.16. The van der Waals surface area contributed by atoms with Gasteiger partial charge < -0.3 is 9.84 Å². The van der Waals surface area contributed by atoms with E-state index >= 15 is 0 Å². The molecule has 5 nitrogen and oxygen atoms in total. The van der Waals surface area contributed by atoms with Crippen molar-refractivity contribution in [2.75, 3.05) is 6.61 Å². The van der Waals surface area contributed by atoms with Crippen LogP contribution < -0.4 is 4.74 Å². The zero-order chi connectivity index (χ0) is 15.2. The van der Waals surface area contributed by atoms with Gasteiger partial charge in [0.2, 0.25) is 0 Å². The molecule has 2 rings (SSSR count). The Labute approximate surface area is 125 Å². The van der Waals surface area contributed by atoms with Gasteiger partial charge in [0, 0.05) is 11.1 Å². The molecule has 0 aliphatic carbocycles. The maximum atomic E-state index is 10.4. The highest BCUT2D eigenvalue weighted by atomic mass is 32.1. The molecular formula is C15H12N2O3S. The van der Waals surface area contributed by atoms with Crippen molar-refractivity contribution in [2.45, 2.75) is 6.92 Å². The zero-order valence-electron chi connectivity index (χ0n) is 11.2. The number of carboxylic acid groups (broad SMARTS) is 1. The molecule has 1 aromatic heterocycles. The summed E-state index contributed by atoms with van der Waals surface area (Å²) in [7, 11) is 0. The van der Waals surface area contributed by atoms with E-state index in [9.17, 15) is 10.1 Å². The molecule has 2 aromatic rings. The number of ether oxygens (including phenoxy) is 1. The van der Waals surface area contributed by atoms with Crippen LogP contribution >= 0.6 is 11.3 Å². The monoisotopic (exact) mass is 300 g/mol. The second-order valence-corrected chi connectivity index (χ2v) is 5.07. The van der Waals surface area contributed by atoms with E-state index in [4.69, 9.17) is 9.84 Å². The molecule has 0 fully saturated rings. The van der Waals surface area contributed by atoms with Crippen LogP contribution in [0.4, 0.5) is 0 Å². The van der Waals surface area contributed by atoms with Gasteiger partial charge in [-0.3, -0.25) is 0 Å². The van der Waals surface area contributed by atoms with E-state index in [0.717, 1.165) is 11.3 Å². The number of nitriles is 1. The first kappa shape index (κ1) is 14.8. The number of nitrogens with zero attached hydrogens (tertiary/aromatic N) is 2. The third-order valence-electron chi connectivity index (χ3n) is 2.52. The summed E-state index contributed by atoms with van der Waals surface area (Å²) < 4.78 is 5.05.